The van der Waals surface area contributed by atoms with Gasteiger partial charge in [-0.25, -0.2) is 0 Å². The molecule has 1 N–H and O–H groups in total. The number of nitrogens with one attached hydrogen (secondary N) is 1. The van der Waals surface area contributed by atoms with Crippen LogP contribution in [0, 0.1) is 5.92 Å². The van der Waals surface area contributed by atoms with Gasteiger partial charge in [0.25, 0.3) is 0 Å². The van der Waals surface area contributed by atoms with Crippen molar-refractivity contribution in [2.75, 3.05) is 33.4 Å². The first kappa shape index (κ1) is 13.1. The van der Waals surface area contributed by atoms with Crippen LogP contribution in [0.4, 0.5) is 0 Å². The van der Waals surface area contributed by atoms with Crippen molar-refractivity contribution in [1.82, 2.24) is 10.2 Å². The molecule has 19 heavy (non-hydrogen) atoms. The Kier molecular flexibility index (Phi) is 4.16. The molecule has 2 aliphatic heterocycles. The minimum absolute atomic E-state index is 0.563. The summed E-state index contributed by atoms with van der Waals surface area (Å²) in [6.07, 6.45) is 2.39. The van der Waals surface area contributed by atoms with E-state index in [4.69, 9.17) is 4.74 Å². The highest BCUT2D eigenvalue weighted by Gasteiger charge is 2.27. The standard InChI is InChI=1S/C16H24N2O/c1-17-16(15-7-9-19-12-15)11-18-8-6-13-4-2-3-5-14(13)10-18/h2-5,15-17H,6-12H2,1H3. The van der Waals surface area contributed by atoms with Gasteiger partial charge in [-0.15, -0.1) is 0 Å². The Morgan fingerprint density at radius 2 is 2.21 bits per heavy atom. The molecule has 2 atom stereocenters. The molecule has 3 rings (SSSR count). The predicted octanol–water partition coefficient (Wildman–Crippen LogP) is 1.67. The van der Waals surface area contributed by atoms with Crippen LogP contribution in [-0.2, 0) is 17.7 Å². The topological polar surface area (TPSA) is 24.5 Å². The van der Waals surface area contributed by atoms with Gasteiger partial charge in [0.15, 0.2) is 0 Å². The summed E-state index contributed by atoms with van der Waals surface area (Å²) in [5.41, 5.74) is 3.04. The largest absolute Gasteiger partial charge is 0.381 e. The highest BCUT2D eigenvalue weighted by atomic mass is 16.5. The van der Waals surface area contributed by atoms with Crippen LogP contribution in [0.2, 0.25) is 0 Å². The van der Waals surface area contributed by atoms with Crippen LogP contribution in [0.25, 0.3) is 0 Å². The summed E-state index contributed by atoms with van der Waals surface area (Å²) >= 11 is 0. The quantitative estimate of drug-likeness (QED) is 0.891. The van der Waals surface area contributed by atoms with Crippen LogP contribution in [-0.4, -0.2) is 44.3 Å². The van der Waals surface area contributed by atoms with E-state index in [-0.39, 0.29) is 0 Å². The number of fused-ring (bicyclic) bond motifs is 1. The van der Waals surface area contributed by atoms with Crippen molar-refractivity contribution in [3.63, 3.8) is 0 Å². The molecule has 0 radical (unpaired) electrons. The van der Waals surface area contributed by atoms with Gasteiger partial charge in [-0.2, -0.15) is 0 Å². The Bertz CT molecular complexity index is 415. The predicted molar refractivity (Wildman–Crippen MR) is 77.2 cm³/mol. The number of hydrogen-bond acceptors (Lipinski definition) is 3. The second-order valence-corrected chi connectivity index (χ2v) is 5.77. The van der Waals surface area contributed by atoms with E-state index >= 15 is 0 Å². The maximum atomic E-state index is 5.53. The van der Waals surface area contributed by atoms with Crippen molar-refractivity contribution in [3.8, 4) is 0 Å². The van der Waals surface area contributed by atoms with Gasteiger partial charge in [0.1, 0.15) is 0 Å². The van der Waals surface area contributed by atoms with E-state index in [0.29, 0.717) is 12.0 Å². The molecule has 104 valence electrons. The molecule has 0 saturated carbocycles. The van der Waals surface area contributed by atoms with Gasteiger partial charge in [0, 0.05) is 38.2 Å². The van der Waals surface area contributed by atoms with Crippen molar-refractivity contribution in [1.29, 1.82) is 0 Å². The Hall–Kier alpha value is -0.900. The molecule has 0 aromatic heterocycles. The van der Waals surface area contributed by atoms with Gasteiger partial charge in [0.2, 0.25) is 0 Å². The average molecular weight is 260 g/mol. The lowest BCUT2D eigenvalue weighted by atomic mass is 9.96. The molecule has 3 heteroatoms. The number of ether oxygens (including phenoxy) is 1. The van der Waals surface area contributed by atoms with Gasteiger partial charge >= 0.3 is 0 Å². The first-order valence-corrected chi connectivity index (χ1v) is 7.41. The van der Waals surface area contributed by atoms with Crippen molar-refractivity contribution in [2.45, 2.75) is 25.4 Å². The van der Waals surface area contributed by atoms with Gasteiger partial charge in [0.05, 0.1) is 6.61 Å². The SMILES string of the molecule is CNC(CN1CCc2ccccc2C1)C1CCOC1. The van der Waals surface area contributed by atoms with E-state index in [1.807, 2.05) is 0 Å². The van der Waals surface area contributed by atoms with E-state index in [1.54, 1.807) is 0 Å². The second kappa shape index (κ2) is 6.04. The molecule has 0 aliphatic carbocycles. The number of likely N-dealkylation sites (N-methyl/N-ethyl adjacent to an activating group) is 1. The molecule has 0 bridgehead atoms. The summed E-state index contributed by atoms with van der Waals surface area (Å²) < 4.78 is 5.53. The third kappa shape index (κ3) is 2.99. The van der Waals surface area contributed by atoms with Crippen LogP contribution in [0.5, 0.6) is 0 Å². The Morgan fingerprint density at radius 3 is 2.95 bits per heavy atom. The third-order valence-electron chi connectivity index (χ3n) is 4.57. The fourth-order valence-corrected chi connectivity index (χ4v) is 3.33. The first-order valence-electron chi connectivity index (χ1n) is 7.41. The summed E-state index contributed by atoms with van der Waals surface area (Å²) in [5, 5.41) is 3.49. The van der Waals surface area contributed by atoms with Gasteiger partial charge in [-0.3, -0.25) is 4.90 Å². The molecule has 3 nitrogen and oxygen atoms in total. The fraction of sp³-hybridized carbons (Fsp3) is 0.625. The van der Waals surface area contributed by atoms with E-state index in [2.05, 4.69) is 41.5 Å². The maximum absolute atomic E-state index is 5.53. The van der Waals surface area contributed by atoms with Crippen LogP contribution < -0.4 is 5.32 Å². The Morgan fingerprint density at radius 1 is 1.37 bits per heavy atom. The fourth-order valence-electron chi connectivity index (χ4n) is 3.33. The van der Waals surface area contributed by atoms with Gasteiger partial charge in [-0.05, 0) is 31.0 Å². The zero-order valence-electron chi connectivity index (χ0n) is 11.8. The Balaban J connectivity index is 1.61. The number of nitrogens with zero attached hydrogens (tertiary/aromatic N) is 1. The van der Waals surface area contributed by atoms with Crippen LogP contribution in [0.1, 0.15) is 17.5 Å². The van der Waals surface area contributed by atoms with Crippen LogP contribution in [0.15, 0.2) is 24.3 Å². The van der Waals surface area contributed by atoms with E-state index in [1.165, 1.54) is 30.5 Å². The molecule has 1 aromatic carbocycles. The smallest absolute Gasteiger partial charge is 0.0510 e. The highest BCUT2D eigenvalue weighted by molar-refractivity contribution is 5.29. The monoisotopic (exact) mass is 260 g/mol. The number of benzene rings is 1. The van der Waals surface area contributed by atoms with Crippen molar-refractivity contribution in [2.24, 2.45) is 5.92 Å². The summed E-state index contributed by atoms with van der Waals surface area (Å²) in [6, 6.07) is 9.41. The first-order chi connectivity index (χ1) is 9.36. The molecule has 1 saturated heterocycles. The molecule has 2 aliphatic rings. The van der Waals surface area contributed by atoms with Gasteiger partial charge in [-0.1, -0.05) is 24.3 Å². The van der Waals surface area contributed by atoms with E-state index in [0.717, 1.165) is 26.3 Å². The van der Waals surface area contributed by atoms with Crippen molar-refractivity contribution < 1.29 is 4.74 Å². The molecule has 1 aromatic rings. The highest BCUT2D eigenvalue weighted by Crippen LogP contribution is 2.22. The molecule has 2 unspecified atom stereocenters. The minimum atomic E-state index is 0.563. The molecular weight excluding hydrogens is 236 g/mol. The lowest BCUT2D eigenvalue weighted by Crippen LogP contribution is -2.45. The lowest BCUT2D eigenvalue weighted by molar-refractivity contribution is 0.159. The van der Waals surface area contributed by atoms with Crippen LogP contribution >= 0.6 is 0 Å². The zero-order valence-corrected chi connectivity index (χ0v) is 11.8. The average Bonchev–Trinajstić information content (AvgIpc) is 2.98. The minimum Gasteiger partial charge on any atom is -0.381 e. The summed E-state index contributed by atoms with van der Waals surface area (Å²) in [6.45, 7) is 5.28. The normalized spacial score (nSPS) is 25.2. The summed E-state index contributed by atoms with van der Waals surface area (Å²) in [5.74, 6) is 0.683. The molecule has 0 amide bonds. The Labute approximate surface area is 115 Å². The lowest BCUT2D eigenvalue weighted by Gasteiger charge is -2.33. The third-order valence-corrected chi connectivity index (χ3v) is 4.57. The molecule has 1 fully saturated rings. The number of rotatable bonds is 4. The van der Waals surface area contributed by atoms with Crippen molar-refractivity contribution in [3.05, 3.63) is 35.4 Å². The summed E-state index contributed by atoms with van der Waals surface area (Å²) in [4.78, 5) is 2.59. The molecule has 0 spiro atoms. The second-order valence-electron chi connectivity index (χ2n) is 5.77. The van der Waals surface area contributed by atoms with Gasteiger partial charge < -0.3 is 10.1 Å². The van der Waals surface area contributed by atoms with Crippen LogP contribution in [0.3, 0.4) is 0 Å². The van der Waals surface area contributed by atoms with E-state index in [9.17, 15) is 0 Å². The van der Waals surface area contributed by atoms with Crippen molar-refractivity contribution >= 4 is 0 Å². The summed E-state index contributed by atoms with van der Waals surface area (Å²) in [7, 11) is 2.08. The van der Waals surface area contributed by atoms with E-state index < -0.39 is 0 Å². The number of hydrogen-bond donors (Lipinski definition) is 1. The zero-order chi connectivity index (χ0) is 13.1. The maximum Gasteiger partial charge on any atom is 0.0510 e. The molecule has 2 heterocycles. The molecular formula is C16H24N2O.